The number of H-pyrrole nitrogens is 1. The third-order valence-electron chi connectivity index (χ3n) is 8.55. The van der Waals surface area contributed by atoms with Gasteiger partial charge in [0, 0.05) is 23.5 Å². The second-order valence-electron chi connectivity index (χ2n) is 11.9. The summed E-state index contributed by atoms with van der Waals surface area (Å²) in [5.41, 5.74) is 2.38. The number of allylic oxidation sites excluding steroid dienone is 2. The number of carbonyl (C=O) groups excluding carboxylic acids is 3. The van der Waals surface area contributed by atoms with Crippen LogP contribution in [-0.4, -0.2) is 52.7 Å². The van der Waals surface area contributed by atoms with E-state index < -0.39 is 23.4 Å². The van der Waals surface area contributed by atoms with Crippen LogP contribution < -0.4 is 10.6 Å². The Morgan fingerprint density at radius 1 is 0.955 bits per heavy atom. The molecule has 1 aliphatic rings. The molecular formula is C36H45N3O5. The molecule has 44 heavy (non-hydrogen) atoms. The molecule has 0 saturated heterocycles. The summed E-state index contributed by atoms with van der Waals surface area (Å²) in [7, 11) is 0. The van der Waals surface area contributed by atoms with Crippen molar-refractivity contribution in [2.75, 3.05) is 13.2 Å². The minimum absolute atomic E-state index is 0.0207. The van der Waals surface area contributed by atoms with Gasteiger partial charge in [0.15, 0.2) is 0 Å². The SMILES string of the molecule is C=CC[C@@H](CC(=O)NC1(CO)CCCC1)C(=O)N[C@H](COC(=O)[C@H](CC=C)Cc1ccccc1)Cc1c[nH]c2ccccc12. The largest absolute Gasteiger partial charge is 0.463 e. The van der Waals surface area contributed by atoms with Gasteiger partial charge in [0.1, 0.15) is 6.61 Å². The van der Waals surface area contributed by atoms with Crippen molar-refractivity contribution in [2.24, 2.45) is 11.8 Å². The van der Waals surface area contributed by atoms with Gasteiger partial charge >= 0.3 is 5.97 Å². The van der Waals surface area contributed by atoms with Crippen LogP contribution in [0.5, 0.6) is 0 Å². The molecule has 0 spiro atoms. The van der Waals surface area contributed by atoms with Gasteiger partial charge in [-0.1, -0.05) is 73.5 Å². The molecule has 8 heteroatoms. The number of rotatable bonds is 17. The summed E-state index contributed by atoms with van der Waals surface area (Å²) in [6.07, 6.45) is 10.3. The highest BCUT2D eigenvalue weighted by Crippen LogP contribution is 2.29. The first kappa shape index (κ1) is 32.7. The Morgan fingerprint density at radius 3 is 2.34 bits per heavy atom. The van der Waals surface area contributed by atoms with Gasteiger partial charge in [-0.05, 0) is 55.7 Å². The number of hydrogen-bond acceptors (Lipinski definition) is 5. The molecule has 0 aliphatic heterocycles. The summed E-state index contributed by atoms with van der Waals surface area (Å²) in [4.78, 5) is 43.2. The molecule has 4 N–H and O–H groups in total. The molecule has 3 atom stereocenters. The van der Waals surface area contributed by atoms with Crippen LogP contribution in [0.3, 0.4) is 0 Å². The fourth-order valence-corrected chi connectivity index (χ4v) is 6.13. The molecule has 0 radical (unpaired) electrons. The molecule has 8 nitrogen and oxygen atoms in total. The molecule has 1 aliphatic carbocycles. The maximum absolute atomic E-state index is 13.6. The summed E-state index contributed by atoms with van der Waals surface area (Å²) in [5, 5.41) is 17.0. The molecule has 234 valence electrons. The number of amides is 2. The summed E-state index contributed by atoms with van der Waals surface area (Å²) in [6.45, 7) is 7.47. The summed E-state index contributed by atoms with van der Waals surface area (Å²) >= 11 is 0. The van der Waals surface area contributed by atoms with E-state index in [9.17, 15) is 19.5 Å². The van der Waals surface area contributed by atoms with Gasteiger partial charge in [0.05, 0.1) is 30.0 Å². The van der Waals surface area contributed by atoms with Gasteiger partial charge in [-0.2, -0.15) is 0 Å². The Hall–Kier alpha value is -4.17. The fourth-order valence-electron chi connectivity index (χ4n) is 6.13. The van der Waals surface area contributed by atoms with E-state index in [-0.39, 0.29) is 37.4 Å². The third kappa shape index (κ3) is 8.92. The number of hydrogen-bond donors (Lipinski definition) is 4. The van der Waals surface area contributed by atoms with Gasteiger partial charge in [0.25, 0.3) is 0 Å². The summed E-state index contributed by atoms with van der Waals surface area (Å²) in [5.74, 6) is -1.98. The predicted octanol–water partition coefficient (Wildman–Crippen LogP) is 5.18. The van der Waals surface area contributed by atoms with Crippen molar-refractivity contribution < 1.29 is 24.2 Å². The average molecular weight is 600 g/mol. The zero-order chi connectivity index (χ0) is 31.4. The van der Waals surface area contributed by atoms with E-state index in [0.29, 0.717) is 25.7 Å². The summed E-state index contributed by atoms with van der Waals surface area (Å²) in [6, 6.07) is 17.2. The first-order chi connectivity index (χ1) is 21.4. The second kappa shape index (κ2) is 16.1. The number of aliphatic hydroxyl groups excluding tert-OH is 1. The third-order valence-corrected chi connectivity index (χ3v) is 8.55. The molecule has 1 saturated carbocycles. The molecule has 1 fully saturated rings. The molecular weight excluding hydrogens is 554 g/mol. The normalized spacial score (nSPS) is 16.0. The number of ether oxygens (including phenoxy) is 1. The molecule has 1 aromatic heterocycles. The summed E-state index contributed by atoms with van der Waals surface area (Å²) < 4.78 is 5.85. The van der Waals surface area contributed by atoms with Crippen LogP contribution in [0.2, 0.25) is 0 Å². The minimum atomic E-state index is -0.655. The lowest BCUT2D eigenvalue weighted by molar-refractivity contribution is -0.149. The number of esters is 1. The highest BCUT2D eigenvalue weighted by atomic mass is 16.5. The average Bonchev–Trinajstić information content (AvgIpc) is 3.67. The van der Waals surface area contributed by atoms with E-state index in [0.717, 1.165) is 47.7 Å². The number of nitrogens with one attached hydrogen (secondary N) is 3. The molecule has 3 aromatic rings. The van der Waals surface area contributed by atoms with Crippen molar-refractivity contribution in [3.63, 3.8) is 0 Å². The number of carbonyl (C=O) groups is 3. The smallest absolute Gasteiger partial charge is 0.309 e. The molecule has 2 aromatic carbocycles. The quantitative estimate of drug-likeness (QED) is 0.126. The monoisotopic (exact) mass is 599 g/mol. The van der Waals surface area contributed by atoms with Gasteiger partial charge in [-0.3, -0.25) is 14.4 Å². The Bertz CT molecular complexity index is 1410. The number of aromatic nitrogens is 1. The highest BCUT2D eigenvalue weighted by Gasteiger charge is 2.35. The fraction of sp³-hybridized carbons (Fsp3) is 0.417. The van der Waals surface area contributed by atoms with Gasteiger partial charge in [0.2, 0.25) is 11.8 Å². The van der Waals surface area contributed by atoms with Crippen LogP contribution in [0.25, 0.3) is 10.9 Å². The Labute approximate surface area is 260 Å². The van der Waals surface area contributed by atoms with E-state index in [1.165, 1.54) is 0 Å². The Morgan fingerprint density at radius 2 is 1.64 bits per heavy atom. The van der Waals surface area contributed by atoms with Crippen LogP contribution in [-0.2, 0) is 32.0 Å². The van der Waals surface area contributed by atoms with Crippen molar-refractivity contribution >= 4 is 28.7 Å². The van der Waals surface area contributed by atoms with Crippen LogP contribution in [0.4, 0.5) is 0 Å². The van der Waals surface area contributed by atoms with Crippen molar-refractivity contribution in [3.8, 4) is 0 Å². The van der Waals surface area contributed by atoms with Gasteiger partial charge in [-0.25, -0.2) is 0 Å². The Kier molecular flexibility index (Phi) is 11.9. The lowest BCUT2D eigenvalue weighted by Gasteiger charge is -2.29. The number of aliphatic hydroxyl groups is 1. The zero-order valence-electron chi connectivity index (χ0n) is 25.4. The molecule has 1 heterocycles. The van der Waals surface area contributed by atoms with Crippen LogP contribution >= 0.6 is 0 Å². The zero-order valence-corrected chi connectivity index (χ0v) is 25.4. The van der Waals surface area contributed by atoms with Crippen LogP contribution in [0, 0.1) is 11.8 Å². The van der Waals surface area contributed by atoms with E-state index in [1.807, 2.05) is 60.8 Å². The first-order valence-corrected chi connectivity index (χ1v) is 15.6. The van der Waals surface area contributed by atoms with Crippen LogP contribution in [0.1, 0.15) is 56.1 Å². The standard InChI is InChI=1S/C36H45N3O5/c1-3-12-27(22-33(41)39-36(25-40)18-10-11-19-36)34(42)38-30(21-29-23-37-32-17-9-8-16-31(29)32)24-44-35(43)28(13-4-2)20-26-14-6-5-7-15-26/h3-9,14-17,23,27-28,30,37,40H,1-2,10-13,18-22,24-25H2,(H,38,42)(H,39,41)/t27-,28+,30-/m0/s1. The maximum atomic E-state index is 13.6. The van der Waals surface area contributed by atoms with E-state index in [1.54, 1.807) is 12.2 Å². The molecule has 4 rings (SSSR count). The van der Waals surface area contributed by atoms with E-state index in [4.69, 9.17) is 4.74 Å². The lowest BCUT2D eigenvalue weighted by atomic mass is 9.95. The van der Waals surface area contributed by atoms with Gasteiger partial charge in [-0.15, -0.1) is 13.2 Å². The predicted molar refractivity (Wildman–Crippen MR) is 173 cm³/mol. The molecule has 0 bridgehead atoms. The van der Waals surface area contributed by atoms with Crippen molar-refractivity contribution in [3.05, 3.63) is 97.2 Å². The Balaban J connectivity index is 1.47. The maximum Gasteiger partial charge on any atom is 0.309 e. The van der Waals surface area contributed by atoms with Crippen molar-refractivity contribution in [2.45, 2.75) is 69.4 Å². The molecule has 0 unspecified atom stereocenters. The number of aromatic amines is 1. The van der Waals surface area contributed by atoms with Crippen LogP contribution in [0.15, 0.2) is 86.1 Å². The van der Waals surface area contributed by atoms with Crippen molar-refractivity contribution in [1.82, 2.24) is 15.6 Å². The van der Waals surface area contributed by atoms with E-state index >= 15 is 0 Å². The topological polar surface area (TPSA) is 121 Å². The first-order valence-electron chi connectivity index (χ1n) is 15.6. The minimum Gasteiger partial charge on any atom is -0.463 e. The van der Waals surface area contributed by atoms with E-state index in [2.05, 4.69) is 28.8 Å². The number of para-hydroxylation sites is 1. The molecule has 2 amide bonds. The second-order valence-corrected chi connectivity index (χ2v) is 11.9. The number of benzene rings is 2. The lowest BCUT2D eigenvalue weighted by Crippen LogP contribution is -2.50. The highest BCUT2D eigenvalue weighted by molar-refractivity contribution is 5.87. The van der Waals surface area contributed by atoms with Crippen molar-refractivity contribution in [1.29, 1.82) is 0 Å². The number of fused-ring (bicyclic) bond motifs is 1. The van der Waals surface area contributed by atoms with Gasteiger partial charge < -0.3 is 25.5 Å².